The van der Waals surface area contributed by atoms with E-state index in [2.05, 4.69) is 0 Å². The fourth-order valence-corrected chi connectivity index (χ4v) is 0. The molecule has 0 spiro atoms. The molecular formula is H18MnO14Rb2Se2+6. The molecule has 0 aliphatic heterocycles. The van der Waals surface area contributed by atoms with Crippen molar-refractivity contribution in [2.24, 2.45) is 0 Å². The van der Waals surface area contributed by atoms with Crippen LogP contribution in [-0.4, -0.2) is 26.7 Å². The van der Waals surface area contributed by atoms with E-state index in [-0.39, 0.29) is 166 Å². The minimum atomic E-state index is -5.75. The van der Waals surface area contributed by atoms with Crippen LogP contribution in [0.5, 0.6) is 0 Å². The molecule has 18 N–H and O–H groups in total. The molecule has 0 aromatic heterocycles. The topological polar surface area (TPSA) is 359 Å². The van der Waals surface area contributed by atoms with Crippen molar-refractivity contribution in [3.05, 3.63) is 0 Å². The summed E-state index contributed by atoms with van der Waals surface area (Å²) in [5, 5.41) is 0. The van der Waals surface area contributed by atoms with Crippen LogP contribution >= 0.6 is 0 Å². The van der Waals surface area contributed by atoms with Gasteiger partial charge in [-0.05, 0) is 0 Å². The molecule has 0 aromatic carbocycles. The molecule has 0 rings (SSSR count). The molecule has 0 aliphatic rings. The van der Waals surface area contributed by atoms with Crippen molar-refractivity contribution in [2.45, 2.75) is 0 Å². The van der Waals surface area contributed by atoms with Gasteiger partial charge in [0.25, 0.3) is 0 Å². The van der Waals surface area contributed by atoms with Crippen molar-refractivity contribution < 1.29 is 198 Å². The second-order valence-corrected chi connectivity index (χ2v) is 4.24. The van der Waals surface area contributed by atoms with Gasteiger partial charge in [0.15, 0.2) is 0 Å². The molecule has 0 saturated heterocycles. The maximum absolute atomic E-state index is 8.59. The molecule has 0 saturated carbocycles. The summed E-state index contributed by atoms with van der Waals surface area (Å²) in [6.07, 6.45) is 0. The van der Waals surface area contributed by atoms with Crippen molar-refractivity contribution >= 4 is 26.7 Å². The molecule has 19 heavy (non-hydrogen) atoms. The van der Waals surface area contributed by atoms with Crippen molar-refractivity contribution in [3.8, 4) is 0 Å². The summed E-state index contributed by atoms with van der Waals surface area (Å²) in [6, 6.07) is 0. The maximum Gasteiger partial charge on any atom is 2.00 e. The molecule has 117 valence electrons. The average molecular weight is 626 g/mol. The Morgan fingerprint density at radius 2 is 0.474 bits per heavy atom. The minimum absolute atomic E-state index is 0. The zero-order valence-electron chi connectivity index (χ0n) is 9.92. The Bertz CT molecular complexity index is 220. The summed E-state index contributed by atoms with van der Waals surface area (Å²) in [5.74, 6) is 0. The Morgan fingerprint density at radius 3 is 0.474 bits per heavy atom. The van der Waals surface area contributed by atoms with Crippen molar-refractivity contribution in [2.75, 3.05) is 0 Å². The van der Waals surface area contributed by atoms with Crippen LogP contribution in [0.25, 0.3) is 0 Å². The second-order valence-electron chi connectivity index (χ2n) is 0.816. The zero-order valence-corrected chi connectivity index (χ0v) is 24.4. The molecule has 0 heterocycles. The Labute approximate surface area is 219 Å². The van der Waals surface area contributed by atoms with Gasteiger partial charge in [0.1, 0.15) is 0 Å². The van der Waals surface area contributed by atoms with Crippen LogP contribution < -0.4 is 133 Å². The Hall–Kier alpha value is 3.97. The third kappa shape index (κ3) is 556. The largest absolute Gasteiger partial charge is 2.00 e. The predicted octanol–water partition coefficient (Wildman–Crippen LogP) is -17.5. The fourth-order valence-electron chi connectivity index (χ4n) is 0. The van der Waals surface area contributed by atoms with Crippen molar-refractivity contribution in [3.63, 3.8) is 0 Å². The Balaban J connectivity index is -0.00000000508. The molecule has 0 aromatic rings. The van der Waals surface area contributed by atoms with E-state index in [4.69, 9.17) is 32.1 Å². The second kappa shape index (κ2) is 37.9. The molecular weight excluding hydrogens is 608 g/mol. The first kappa shape index (κ1) is 77.4. The minimum Gasteiger partial charge on any atom is -0.457 e. The smallest absolute Gasteiger partial charge is 0.457 e. The maximum atomic E-state index is 8.59. The summed E-state index contributed by atoms with van der Waals surface area (Å²) in [7, 11) is 0. The number of hydrogen-bond donors (Lipinski definition) is 0. The first-order valence-electron chi connectivity index (χ1n) is 1.33. The van der Waals surface area contributed by atoms with Gasteiger partial charge in [-0.25, -0.2) is 0 Å². The van der Waals surface area contributed by atoms with Gasteiger partial charge in [-0.2, -0.15) is 0 Å². The quantitative estimate of drug-likeness (QED) is 0.183. The summed E-state index contributed by atoms with van der Waals surface area (Å²) < 4.78 is 68.8. The third-order valence-electron chi connectivity index (χ3n) is 0. The first-order valence-corrected chi connectivity index (χ1v) is 6.93. The van der Waals surface area contributed by atoms with Crippen molar-refractivity contribution in [1.82, 2.24) is 0 Å². The zero-order chi connectivity index (χ0) is 9.00. The van der Waals surface area contributed by atoms with Gasteiger partial charge >= 0.3 is 192 Å². The van der Waals surface area contributed by atoms with E-state index < -0.39 is 26.7 Å². The number of rotatable bonds is 0. The van der Waals surface area contributed by atoms with E-state index in [1.807, 2.05) is 0 Å². The summed E-state index contributed by atoms with van der Waals surface area (Å²) in [4.78, 5) is 0. The van der Waals surface area contributed by atoms with E-state index in [0.717, 1.165) is 0 Å². The SMILES string of the molecule is O=[Se](=O)([O-])[O-].O=[Se](=O)([O-])[O-].[Mn+2].[OH3+].[OH3+].[OH3+].[OH3+].[OH3+].[OH3+].[Rb+].[Rb+]. The van der Waals surface area contributed by atoms with Gasteiger partial charge in [0, 0.05) is 0 Å². The van der Waals surface area contributed by atoms with Crippen LogP contribution in [0, 0.1) is 0 Å². The summed E-state index contributed by atoms with van der Waals surface area (Å²) in [5.41, 5.74) is 0. The van der Waals surface area contributed by atoms with Crippen LogP contribution in [0.4, 0.5) is 0 Å². The molecule has 0 bridgehead atoms. The van der Waals surface area contributed by atoms with Gasteiger partial charge in [-0.15, -0.1) is 0 Å². The fraction of sp³-hybridized carbons (Fsp3) is 0. The van der Waals surface area contributed by atoms with Gasteiger partial charge in [-0.3, -0.25) is 0 Å². The van der Waals surface area contributed by atoms with Gasteiger partial charge in [-0.1, -0.05) is 0 Å². The summed E-state index contributed by atoms with van der Waals surface area (Å²) in [6.45, 7) is 0. The average Bonchev–Trinajstić information content (AvgIpc) is 1.12. The standard InChI is InChI=1S/Mn.2H2O4Se.6H2O.2Rb/c;2*1-5(2,3)4;;;;;;;;/h;2*(H2,1,2,3,4);6*1H2;;/q+2;;;;;;;;;2*+1/p+2. The third-order valence-corrected chi connectivity index (χ3v) is 0. The summed E-state index contributed by atoms with van der Waals surface area (Å²) >= 11 is -11.5. The Kier molecular flexibility index (Phi) is 154. The van der Waals surface area contributed by atoms with Gasteiger partial charge in [0.2, 0.25) is 0 Å². The molecule has 0 unspecified atom stereocenters. The van der Waals surface area contributed by atoms with Crippen molar-refractivity contribution in [1.29, 1.82) is 0 Å². The van der Waals surface area contributed by atoms with Crippen LogP contribution in [0.15, 0.2) is 0 Å². The van der Waals surface area contributed by atoms with E-state index in [9.17, 15) is 0 Å². The molecule has 0 amide bonds. The monoisotopic (exact) mass is 627 g/mol. The van der Waals surface area contributed by atoms with Crippen LogP contribution in [0.2, 0.25) is 0 Å². The van der Waals surface area contributed by atoms with Gasteiger partial charge in [0.05, 0.1) is 0 Å². The molecule has 14 nitrogen and oxygen atoms in total. The normalized spacial score (nSPS) is 6.11. The molecule has 0 aliphatic carbocycles. The molecule has 1 radical (unpaired) electrons. The molecule has 0 fully saturated rings. The van der Waals surface area contributed by atoms with E-state index in [1.54, 1.807) is 0 Å². The molecule has 19 heteroatoms. The molecule has 0 atom stereocenters. The van der Waals surface area contributed by atoms with Gasteiger partial charge < -0.3 is 32.9 Å². The van der Waals surface area contributed by atoms with E-state index >= 15 is 0 Å². The van der Waals surface area contributed by atoms with Crippen LogP contribution in [0.1, 0.15) is 0 Å². The van der Waals surface area contributed by atoms with E-state index in [0.29, 0.717) is 0 Å². The predicted molar refractivity (Wildman–Crippen MR) is 43.5 cm³/mol. The van der Waals surface area contributed by atoms with E-state index in [1.165, 1.54) is 0 Å². The number of hydrogen-bond acceptors (Lipinski definition) is 8. The first-order chi connectivity index (χ1) is 4.00. The van der Waals surface area contributed by atoms with Crippen LogP contribution in [-0.2, 0) is 65.3 Å². The van der Waals surface area contributed by atoms with Crippen LogP contribution in [0.3, 0.4) is 0 Å². The Morgan fingerprint density at radius 1 is 0.474 bits per heavy atom.